The first-order chi connectivity index (χ1) is 16.0. The van der Waals surface area contributed by atoms with Gasteiger partial charge in [0.1, 0.15) is 11.6 Å². The summed E-state index contributed by atoms with van der Waals surface area (Å²) < 4.78 is 16.3. The van der Waals surface area contributed by atoms with Crippen LogP contribution < -0.4 is 10.9 Å². The third kappa shape index (κ3) is 4.00. The predicted molar refractivity (Wildman–Crippen MR) is 120 cm³/mol. The molecule has 0 unspecified atom stereocenters. The van der Waals surface area contributed by atoms with Gasteiger partial charge in [0.15, 0.2) is 11.4 Å². The molecule has 1 aliphatic rings. The van der Waals surface area contributed by atoms with E-state index in [4.69, 9.17) is 4.98 Å². The summed E-state index contributed by atoms with van der Waals surface area (Å²) in [5, 5.41) is 17.0. The first-order valence-corrected chi connectivity index (χ1v) is 10.6. The average molecular weight is 445 g/mol. The molecule has 1 aliphatic heterocycles. The van der Waals surface area contributed by atoms with Gasteiger partial charge in [-0.25, -0.2) is 9.37 Å². The fourth-order valence-electron chi connectivity index (χ4n) is 3.92. The molecule has 3 heterocycles. The summed E-state index contributed by atoms with van der Waals surface area (Å²) in [6.45, 7) is 0.916. The third-order valence-corrected chi connectivity index (χ3v) is 5.56. The quantitative estimate of drug-likeness (QED) is 0.500. The maximum atomic E-state index is 13.3. The minimum absolute atomic E-state index is 0.263. The summed E-state index contributed by atoms with van der Waals surface area (Å²) in [6.07, 6.45) is 5.10. The molecule has 0 aliphatic carbocycles. The molecule has 0 radical (unpaired) electrons. The molecule has 2 aromatic heterocycles. The number of halogens is 1. The second-order valence-electron chi connectivity index (χ2n) is 7.80. The minimum Gasteiger partial charge on any atom is -0.505 e. The average Bonchev–Trinajstić information content (AvgIpc) is 3.24. The fourth-order valence-corrected chi connectivity index (χ4v) is 3.92. The van der Waals surface area contributed by atoms with Crippen molar-refractivity contribution in [2.24, 2.45) is 0 Å². The molecule has 2 N–H and O–H groups in total. The molecule has 0 saturated heterocycles. The van der Waals surface area contributed by atoms with Crippen LogP contribution in [0.25, 0.3) is 16.9 Å². The van der Waals surface area contributed by atoms with Crippen LogP contribution in [0.5, 0.6) is 5.75 Å². The first kappa shape index (κ1) is 20.6. The van der Waals surface area contributed by atoms with Crippen molar-refractivity contribution in [2.75, 3.05) is 5.32 Å². The summed E-state index contributed by atoms with van der Waals surface area (Å²) in [5.41, 5.74) is 1.26. The van der Waals surface area contributed by atoms with Crippen LogP contribution in [0.4, 0.5) is 10.1 Å². The lowest BCUT2D eigenvalue weighted by molar-refractivity contribution is 0.101. The van der Waals surface area contributed by atoms with Crippen molar-refractivity contribution in [1.82, 2.24) is 19.3 Å². The normalized spacial score (nSPS) is 12.9. The van der Waals surface area contributed by atoms with Crippen LogP contribution in [0, 0.1) is 5.82 Å². The molecule has 166 valence electrons. The fraction of sp³-hybridized carbons (Fsp3) is 0.167. The number of benzene rings is 2. The van der Waals surface area contributed by atoms with Crippen LogP contribution in [0.15, 0.2) is 65.6 Å². The molecule has 2 aromatic carbocycles. The largest absolute Gasteiger partial charge is 0.505 e. The number of hydrogen-bond donors (Lipinski definition) is 2. The highest BCUT2D eigenvalue weighted by Gasteiger charge is 2.20. The van der Waals surface area contributed by atoms with E-state index in [-0.39, 0.29) is 11.4 Å². The highest BCUT2D eigenvalue weighted by molar-refractivity contribution is 6.06. The standard InChI is InChI=1S/C24H20FN5O3/c25-15-8-10-16(11-9-15)30-22(32)13-20(31)23(28-30)24(33)27-18-6-2-1-5-17(18)19-14-29-12-4-3-7-21(29)26-19/h1-2,5-6,8-11,13-14,31H,3-4,7,12H2,(H,27,33). The van der Waals surface area contributed by atoms with Gasteiger partial charge in [0.05, 0.1) is 17.1 Å². The van der Waals surface area contributed by atoms with Crippen molar-refractivity contribution in [2.45, 2.75) is 25.8 Å². The van der Waals surface area contributed by atoms with Gasteiger partial charge in [0, 0.05) is 30.8 Å². The Kier molecular flexibility index (Phi) is 5.21. The Morgan fingerprint density at radius 1 is 1.09 bits per heavy atom. The molecule has 5 rings (SSSR count). The van der Waals surface area contributed by atoms with Crippen LogP contribution in [-0.2, 0) is 13.0 Å². The van der Waals surface area contributed by atoms with Crippen LogP contribution in [0.2, 0.25) is 0 Å². The monoisotopic (exact) mass is 445 g/mol. The van der Waals surface area contributed by atoms with E-state index >= 15 is 0 Å². The molecular weight excluding hydrogens is 425 g/mol. The summed E-state index contributed by atoms with van der Waals surface area (Å²) >= 11 is 0. The summed E-state index contributed by atoms with van der Waals surface area (Å²) in [5.74, 6) is -0.699. The second kappa shape index (κ2) is 8.34. The number of carbonyl (C=O) groups is 1. The molecule has 4 aromatic rings. The number of aromatic nitrogens is 4. The van der Waals surface area contributed by atoms with Crippen molar-refractivity contribution in [3.8, 4) is 22.7 Å². The Bertz CT molecular complexity index is 1390. The van der Waals surface area contributed by atoms with Gasteiger partial charge in [0.2, 0.25) is 0 Å². The van der Waals surface area contributed by atoms with Crippen molar-refractivity contribution >= 4 is 11.6 Å². The number of carbonyl (C=O) groups excluding carboxylic acids is 1. The molecule has 0 spiro atoms. The van der Waals surface area contributed by atoms with Crippen molar-refractivity contribution in [3.05, 3.63) is 88.5 Å². The third-order valence-electron chi connectivity index (χ3n) is 5.56. The van der Waals surface area contributed by atoms with Gasteiger partial charge < -0.3 is 15.0 Å². The van der Waals surface area contributed by atoms with Crippen LogP contribution in [0.3, 0.4) is 0 Å². The van der Waals surface area contributed by atoms with Gasteiger partial charge in [-0.15, -0.1) is 0 Å². The van der Waals surface area contributed by atoms with E-state index in [1.54, 1.807) is 12.1 Å². The Hall–Kier alpha value is -4.27. The van der Waals surface area contributed by atoms with E-state index in [9.17, 15) is 19.1 Å². The van der Waals surface area contributed by atoms with E-state index in [0.717, 1.165) is 53.6 Å². The zero-order valence-electron chi connectivity index (χ0n) is 17.5. The number of hydrogen-bond acceptors (Lipinski definition) is 5. The van der Waals surface area contributed by atoms with Gasteiger partial charge in [-0.2, -0.15) is 9.78 Å². The predicted octanol–water partition coefficient (Wildman–Crippen LogP) is 3.53. The molecule has 0 atom stereocenters. The lowest BCUT2D eigenvalue weighted by atomic mass is 10.1. The van der Waals surface area contributed by atoms with Gasteiger partial charge in [-0.05, 0) is 43.2 Å². The van der Waals surface area contributed by atoms with Gasteiger partial charge in [-0.3, -0.25) is 9.59 Å². The Labute approximate surface area is 188 Å². The molecule has 0 saturated carbocycles. The number of fused-ring (bicyclic) bond motifs is 1. The highest BCUT2D eigenvalue weighted by atomic mass is 19.1. The Morgan fingerprint density at radius 2 is 1.88 bits per heavy atom. The molecule has 1 amide bonds. The number of para-hydroxylation sites is 1. The van der Waals surface area contributed by atoms with Crippen molar-refractivity contribution in [1.29, 1.82) is 0 Å². The SMILES string of the molecule is O=C(Nc1ccccc1-c1cn2c(n1)CCCC2)c1nn(-c2ccc(F)cc2)c(=O)cc1O. The van der Waals surface area contributed by atoms with Crippen LogP contribution >= 0.6 is 0 Å². The van der Waals surface area contributed by atoms with E-state index in [1.165, 1.54) is 24.3 Å². The number of nitrogens with zero attached hydrogens (tertiary/aromatic N) is 4. The van der Waals surface area contributed by atoms with Crippen LogP contribution in [-0.4, -0.2) is 30.3 Å². The Morgan fingerprint density at radius 3 is 2.67 bits per heavy atom. The van der Waals surface area contributed by atoms with Gasteiger partial charge in [-0.1, -0.05) is 18.2 Å². The number of aromatic hydroxyl groups is 1. The summed E-state index contributed by atoms with van der Waals surface area (Å²) in [6, 6.07) is 13.2. The van der Waals surface area contributed by atoms with E-state index in [1.807, 2.05) is 18.3 Å². The highest BCUT2D eigenvalue weighted by Crippen LogP contribution is 2.29. The topological polar surface area (TPSA) is 102 Å². The Balaban J connectivity index is 1.48. The maximum Gasteiger partial charge on any atom is 0.280 e. The van der Waals surface area contributed by atoms with E-state index < -0.39 is 23.0 Å². The minimum atomic E-state index is -0.695. The number of aryl methyl sites for hydroxylation is 2. The lowest BCUT2D eigenvalue weighted by Crippen LogP contribution is -2.25. The summed E-state index contributed by atoms with van der Waals surface area (Å²) in [4.78, 5) is 30.0. The number of amides is 1. The molecule has 33 heavy (non-hydrogen) atoms. The van der Waals surface area contributed by atoms with E-state index in [0.29, 0.717) is 5.69 Å². The number of anilines is 1. The van der Waals surface area contributed by atoms with Crippen molar-refractivity contribution < 1.29 is 14.3 Å². The first-order valence-electron chi connectivity index (χ1n) is 10.6. The molecular formula is C24H20FN5O3. The molecule has 0 fully saturated rings. The molecule has 9 heteroatoms. The number of rotatable bonds is 4. The summed E-state index contributed by atoms with van der Waals surface area (Å²) in [7, 11) is 0. The van der Waals surface area contributed by atoms with Gasteiger partial charge in [0.25, 0.3) is 11.5 Å². The van der Waals surface area contributed by atoms with Crippen molar-refractivity contribution in [3.63, 3.8) is 0 Å². The number of imidazole rings is 1. The van der Waals surface area contributed by atoms with E-state index in [2.05, 4.69) is 15.0 Å². The zero-order valence-corrected chi connectivity index (χ0v) is 17.5. The zero-order chi connectivity index (χ0) is 22.9. The maximum absolute atomic E-state index is 13.3. The van der Waals surface area contributed by atoms with Gasteiger partial charge >= 0.3 is 0 Å². The number of nitrogens with one attached hydrogen (secondary N) is 1. The second-order valence-corrected chi connectivity index (χ2v) is 7.80. The smallest absolute Gasteiger partial charge is 0.280 e. The molecule has 8 nitrogen and oxygen atoms in total. The lowest BCUT2D eigenvalue weighted by Gasteiger charge is -2.12. The van der Waals surface area contributed by atoms with Crippen LogP contribution in [0.1, 0.15) is 29.2 Å². The molecule has 0 bridgehead atoms.